The first-order valence-corrected chi connectivity index (χ1v) is 2.04. The number of hydrogen-bond acceptors (Lipinski definition) is 0. The quantitative estimate of drug-likeness (QED) is 0.176. The molecule has 0 unspecified atom stereocenters. The summed E-state index contributed by atoms with van der Waals surface area (Å²) in [6, 6.07) is 0. The van der Waals surface area contributed by atoms with Crippen LogP contribution >= 0.6 is 0 Å². The Balaban J connectivity index is -0.00000000433. The molecule has 0 saturated heterocycles. The Morgan fingerprint density at radius 3 is 0.217 bits per heavy atom. The van der Waals surface area contributed by atoms with Crippen LogP contribution in [0.15, 0.2) is 0 Å². The summed E-state index contributed by atoms with van der Waals surface area (Å²) in [6.45, 7) is 45.0. The van der Waals surface area contributed by atoms with Crippen LogP contribution in [0.1, 0.15) is 0 Å². The third kappa shape index (κ3) is 67000. The molecular weight excluding hydrogens is 765 g/mol. The minimum absolute atomic E-state index is 0. The maximum absolute atomic E-state index is 7.50. The van der Waals surface area contributed by atoms with Gasteiger partial charge in [-0.3, -0.25) is 0 Å². The van der Waals surface area contributed by atoms with E-state index < -0.39 is 0 Å². The summed E-state index contributed by atoms with van der Waals surface area (Å²) in [4.78, 5) is 0. The summed E-state index contributed by atoms with van der Waals surface area (Å²) in [6.07, 6.45) is 0. The first kappa shape index (κ1) is 114. The molecule has 0 aliphatic rings. The van der Waals surface area contributed by atoms with E-state index in [0.29, 0.717) is 0 Å². The fourth-order valence-corrected chi connectivity index (χ4v) is 0. The molecule has 0 aliphatic carbocycles. The monoisotopic (exact) mass is 768 g/mol. The molecule has 0 atom stereocenters. The Hall–Kier alpha value is -0.353. The molecule has 0 amide bonds. The van der Waals surface area contributed by atoms with Crippen molar-refractivity contribution in [1.82, 2.24) is 0 Å². The molecule has 2 radical (unpaired) electrons. The average molecular weight is 765 g/mol. The summed E-state index contributed by atoms with van der Waals surface area (Å²) in [5, 5.41) is 0. The van der Waals surface area contributed by atoms with E-state index >= 15 is 0 Å². The van der Waals surface area contributed by atoms with E-state index in [-0.39, 0.29) is 68.1 Å². The average Bonchev–Trinajstić information content (AvgIpc) is 2.71. The predicted octanol–water partition coefficient (Wildman–Crippen LogP) is -0.383. The largest absolute Gasteiger partial charge is 0 e. The van der Waals surface area contributed by atoms with Crippen molar-refractivity contribution in [2.24, 2.45) is 0 Å². The van der Waals surface area contributed by atoms with Gasteiger partial charge in [-0.2, -0.15) is 0 Å². The molecule has 0 spiro atoms. The van der Waals surface area contributed by atoms with Crippen LogP contribution in [0.4, 0.5) is 0 Å². The zero-order valence-corrected chi connectivity index (χ0v) is 20.0. The van der Waals surface area contributed by atoms with Crippen LogP contribution in [-0.4, -0.2) is 0 Å². The van der Waals surface area contributed by atoms with E-state index in [4.69, 9.17) is 46.5 Å². The van der Waals surface area contributed by atoms with E-state index in [1.807, 2.05) is 0 Å². The van der Waals surface area contributed by atoms with E-state index in [1.165, 1.54) is 0 Å². The summed E-state index contributed by atoms with van der Waals surface area (Å²) in [5.74, 6) is 0. The van der Waals surface area contributed by atoms with Gasteiger partial charge in [0.2, 0.25) is 0 Å². The van der Waals surface area contributed by atoms with E-state index in [9.17, 15) is 0 Å². The van der Waals surface area contributed by atoms with Crippen molar-refractivity contribution >= 4 is 0 Å². The molecule has 0 aromatic rings. The van der Waals surface area contributed by atoms with Crippen LogP contribution < -0.4 is 0 Å². The third-order valence-electron chi connectivity index (χ3n) is 0. The molecule has 0 heterocycles. The second kappa shape index (κ2) is 74000. The van der Waals surface area contributed by atoms with Crippen molar-refractivity contribution in [2.75, 3.05) is 0 Å². The van der Waals surface area contributed by atoms with Gasteiger partial charge in [0.05, 0.1) is 0 Å². The zero-order chi connectivity index (χ0) is 20.0. The molecule has 0 aromatic heterocycles. The Kier molecular flexibility index (Phi) is 367000. The van der Waals surface area contributed by atoms with Crippen LogP contribution in [0, 0.1) is 66.5 Å². The molecule has 0 saturated carbocycles. The van der Waals surface area contributed by atoms with Gasteiger partial charge in [-0.05, 0) is 0 Å². The van der Waals surface area contributed by atoms with Gasteiger partial charge < -0.3 is 0 Å². The Labute approximate surface area is 180 Å². The molecule has 10 nitrogen and oxygen atoms in total. The van der Waals surface area contributed by atoms with Crippen molar-refractivity contribution in [3.8, 4) is 0 Å². The number of rotatable bonds is 0. The summed E-state index contributed by atoms with van der Waals surface area (Å²) in [5.41, 5.74) is 0. The maximum atomic E-state index is 7.50. The normalized spacial score (nSPS) is 0.870. The van der Waals surface area contributed by atoms with Crippen LogP contribution in [0.5, 0.6) is 0 Å². The second-order valence-corrected chi connectivity index (χ2v) is 0. The third-order valence-corrected chi connectivity index (χ3v) is 0. The van der Waals surface area contributed by atoms with Crippen molar-refractivity contribution in [3.05, 3.63) is 66.5 Å². The summed E-state index contributed by atoms with van der Waals surface area (Å²) >= 11 is 0. The second-order valence-electron chi connectivity index (χ2n) is 0. The SMILES string of the molecule is [C-]#[O+].[C-]#[O+].[C-]#[O+].[C-]#[O+].[C-]#[O+].[C-]#[O+].[C-]#[O+].[C-]#[O+].[C-]#[O+].[C-]#[O+].[Cd].[Re].[Re]. The molecular formula is C10CdO10Re2. The number of hydrogen-bond donors (Lipinski definition) is 0. The van der Waals surface area contributed by atoms with Crippen molar-refractivity contribution in [2.45, 2.75) is 0 Å². The molecule has 0 aromatic carbocycles. The van der Waals surface area contributed by atoms with Crippen LogP contribution in [0.2, 0.25) is 0 Å². The molecule has 116 valence electrons. The van der Waals surface area contributed by atoms with Gasteiger partial charge in [-0.15, -0.1) is 0 Å². The van der Waals surface area contributed by atoms with Gasteiger partial charge in [-0.25, -0.2) is 0 Å². The van der Waals surface area contributed by atoms with Gasteiger partial charge in [0.15, 0.2) is 0 Å². The van der Waals surface area contributed by atoms with Crippen LogP contribution in [-0.2, 0) is 115 Å². The molecule has 0 bridgehead atoms. The Morgan fingerprint density at radius 1 is 0.217 bits per heavy atom. The molecule has 0 N–H and O–H groups in total. The first-order valence-electron chi connectivity index (χ1n) is 2.04. The summed E-state index contributed by atoms with van der Waals surface area (Å²) < 4.78 is 75.0. The van der Waals surface area contributed by atoms with Crippen molar-refractivity contribution in [1.29, 1.82) is 0 Å². The minimum atomic E-state index is 0. The van der Waals surface area contributed by atoms with Crippen LogP contribution in [0.25, 0.3) is 0 Å². The molecule has 0 rings (SSSR count). The topological polar surface area (TPSA) is 199 Å². The standard InChI is InChI=1S/10CO.Cd.2Re/c10*1-2;;;. The fraction of sp³-hybridized carbons (Fsp3) is 0. The van der Waals surface area contributed by atoms with Crippen molar-refractivity contribution < 1.29 is 115 Å². The minimum Gasteiger partial charge on any atom is 0 e. The summed E-state index contributed by atoms with van der Waals surface area (Å²) in [7, 11) is 0. The fourth-order valence-electron chi connectivity index (χ4n) is 0. The molecule has 0 aliphatic heterocycles. The molecule has 0 fully saturated rings. The van der Waals surface area contributed by atoms with Gasteiger partial charge in [0.1, 0.15) is 0 Å². The van der Waals surface area contributed by atoms with Crippen molar-refractivity contribution in [3.63, 3.8) is 0 Å². The van der Waals surface area contributed by atoms with Gasteiger partial charge in [0, 0.05) is 68.1 Å². The smallest absolute Gasteiger partial charge is 0 e. The maximum Gasteiger partial charge on any atom is 0 e. The van der Waals surface area contributed by atoms with E-state index in [1.54, 1.807) is 0 Å². The predicted molar refractivity (Wildman–Crippen MR) is 39.3 cm³/mol. The molecule has 13 heteroatoms. The zero-order valence-electron chi connectivity index (χ0n) is 10.5. The first-order chi connectivity index (χ1) is 10.0. The molecule has 23 heavy (non-hydrogen) atoms. The van der Waals surface area contributed by atoms with Gasteiger partial charge in [0.25, 0.3) is 0 Å². The van der Waals surface area contributed by atoms with Crippen LogP contribution in [0.3, 0.4) is 0 Å². The van der Waals surface area contributed by atoms with E-state index in [0.717, 1.165) is 0 Å². The Morgan fingerprint density at radius 2 is 0.217 bits per heavy atom. The Bertz CT molecular complexity index is 183. The van der Waals surface area contributed by atoms with Gasteiger partial charge >= 0.3 is 113 Å². The van der Waals surface area contributed by atoms with E-state index in [2.05, 4.69) is 66.5 Å². The van der Waals surface area contributed by atoms with Gasteiger partial charge in [-0.1, -0.05) is 0 Å².